The van der Waals surface area contributed by atoms with E-state index in [-0.39, 0.29) is 12.1 Å². The number of carboxylic acids is 1. The van der Waals surface area contributed by atoms with Gasteiger partial charge in [-0.05, 0) is 55.4 Å². The molecule has 164 valence electrons. The molecule has 1 aliphatic carbocycles. The van der Waals surface area contributed by atoms with Gasteiger partial charge in [-0.3, -0.25) is 4.98 Å². The number of nitrogens with one attached hydrogen (secondary N) is 1. The number of imidazole rings is 1. The molecule has 0 bridgehead atoms. The fourth-order valence-electron chi connectivity index (χ4n) is 4.05. The summed E-state index contributed by atoms with van der Waals surface area (Å²) in [4.78, 5) is 20.1. The Labute approximate surface area is 181 Å². The van der Waals surface area contributed by atoms with Crippen LogP contribution in [0.25, 0.3) is 16.9 Å². The molecule has 0 amide bonds. The molecule has 1 fully saturated rings. The molecule has 1 aliphatic rings. The van der Waals surface area contributed by atoms with Crippen LogP contribution in [0, 0.1) is 5.41 Å². The van der Waals surface area contributed by atoms with E-state index in [4.69, 9.17) is 9.84 Å². The third kappa shape index (κ3) is 4.85. The first-order valence-corrected chi connectivity index (χ1v) is 10.7. The van der Waals surface area contributed by atoms with E-state index in [2.05, 4.69) is 15.3 Å². The maximum absolute atomic E-state index is 11.6. The lowest BCUT2D eigenvalue weighted by atomic mass is 9.87. The van der Waals surface area contributed by atoms with E-state index in [0.717, 1.165) is 48.4 Å². The molecule has 0 saturated heterocycles. The molecule has 31 heavy (non-hydrogen) atoms. The largest absolute Gasteiger partial charge is 0.479 e. The van der Waals surface area contributed by atoms with Crippen LogP contribution in [0.15, 0.2) is 42.9 Å². The number of hydrogen-bond acceptors (Lipinski definition) is 6. The van der Waals surface area contributed by atoms with E-state index in [0.29, 0.717) is 0 Å². The molecule has 8 heteroatoms. The molecule has 3 aromatic rings. The van der Waals surface area contributed by atoms with Crippen molar-refractivity contribution in [2.45, 2.75) is 64.7 Å². The highest BCUT2D eigenvalue weighted by Crippen LogP contribution is 2.30. The topological polar surface area (TPSA) is 102 Å². The second kappa shape index (κ2) is 8.63. The van der Waals surface area contributed by atoms with Gasteiger partial charge < -0.3 is 15.2 Å². The second-order valence-electron chi connectivity index (χ2n) is 9.21. The maximum atomic E-state index is 11.6. The molecular formula is C23H29N5O3. The number of ether oxygens (including phenoxy) is 1. The highest BCUT2D eigenvalue weighted by atomic mass is 16.5. The maximum Gasteiger partial charge on any atom is 0.333 e. The van der Waals surface area contributed by atoms with E-state index < -0.39 is 17.5 Å². The van der Waals surface area contributed by atoms with Crippen LogP contribution < -0.4 is 5.32 Å². The van der Waals surface area contributed by atoms with Crippen LogP contribution in [-0.2, 0) is 9.53 Å². The Morgan fingerprint density at radius 3 is 2.52 bits per heavy atom. The van der Waals surface area contributed by atoms with Gasteiger partial charge in [0, 0.05) is 24.0 Å². The standard InChI is InChI=1S/C23H29N5O3/c1-23(2,3)21(22(29)30)31-17-6-4-16(5-7-17)26-19-8-9-20-25-14-18(28(20)27-19)15-10-12-24-13-11-15/h8-14,16-17,21H,4-7H2,1-3H3,(H,26,27)(H,29,30). The van der Waals surface area contributed by atoms with Crippen LogP contribution in [0.1, 0.15) is 46.5 Å². The summed E-state index contributed by atoms with van der Waals surface area (Å²) < 4.78 is 7.81. The molecule has 4 rings (SSSR count). The van der Waals surface area contributed by atoms with E-state index in [1.54, 1.807) is 12.4 Å². The van der Waals surface area contributed by atoms with Crippen LogP contribution in [0.5, 0.6) is 0 Å². The highest BCUT2D eigenvalue weighted by Gasteiger charge is 2.35. The number of pyridine rings is 1. The highest BCUT2D eigenvalue weighted by molar-refractivity contribution is 5.73. The van der Waals surface area contributed by atoms with Crippen LogP contribution in [0.4, 0.5) is 5.82 Å². The van der Waals surface area contributed by atoms with Crippen molar-refractivity contribution in [2.75, 3.05) is 5.32 Å². The van der Waals surface area contributed by atoms with Gasteiger partial charge in [-0.25, -0.2) is 14.3 Å². The third-order valence-electron chi connectivity index (χ3n) is 5.70. The summed E-state index contributed by atoms with van der Waals surface area (Å²) >= 11 is 0. The van der Waals surface area contributed by atoms with E-state index in [1.807, 2.05) is 55.7 Å². The van der Waals surface area contributed by atoms with Crippen molar-refractivity contribution in [1.82, 2.24) is 19.6 Å². The van der Waals surface area contributed by atoms with E-state index in [9.17, 15) is 9.90 Å². The summed E-state index contributed by atoms with van der Waals surface area (Å²) in [6.07, 6.45) is 7.97. The Morgan fingerprint density at radius 1 is 1.16 bits per heavy atom. The van der Waals surface area contributed by atoms with Crippen molar-refractivity contribution >= 4 is 17.4 Å². The molecule has 1 saturated carbocycles. The van der Waals surface area contributed by atoms with Gasteiger partial charge in [-0.15, -0.1) is 5.10 Å². The van der Waals surface area contributed by atoms with Crippen molar-refractivity contribution in [2.24, 2.45) is 5.41 Å². The fraction of sp³-hybridized carbons (Fsp3) is 0.478. The van der Waals surface area contributed by atoms with Gasteiger partial charge in [0.1, 0.15) is 5.82 Å². The summed E-state index contributed by atoms with van der Waals surface area (Å²) in [5.74, 6) is -0.0983. The number of rotatable bonds is 6. The van der Waals surface area contributed by atoms with Crippen LogP contribution in [0.3, 0.4) is 0 Å². The van der Waals surface area contributed by atoms with Crippen molar-refractivity contribution in [3.8, 4) is 11.3 Å². The average Bonchev–Trinajstić information content (AvgIpc) is 3.16. The lowest BCUT2D eigenvalue weighted by Crippen LogP contribution is -2.41. The minimum atomic E-state index is -0.893. The first kappa shape index (κ1) is 21.2. The predicted octanol–water partition coefficient (Wildman–Crippen LogP) is 4.03. The molecule has 3 heterocycles. The minimum Gasteiger partial charge on any atom is -0.479 e. The molecule has 2 N–H and O–H groups in total. The number of hydrogen-bond donors (Lipinski definition) is 2. The third-order valence-corrected chi connectivity index (χ3v) is 5.70. The first-order chi connectivity index (χ1) is 14.8. The fourth-order valence-corrected chi connectivity index (χ4v) is 4.05. The normalized spacial score (nSPS) is 20.5. The molecule has 0 aromatic carbocycles. The van der Waals surface area contributed by atoms with Crippen molar-refractivity contribution in [3.63, 3.8) is 0 Å². The summed E-state index contributed by atoms with van der Waals surface area (Å²) in [6.45, 7) is 5.70. The number of fused-ring (bicyclic) bond motifs is 1. The van der Waals surface area contributed by atoms with Gasteiger partial charge in [-0.2, -0.15) is 0 Å². The number of aliphatic carboxylic acids is 1. The molecule has 8 nitrogen and oxygen atoms in total. The van der Waals surface area contributed by atoms with Crippen LogP contribution in [0.2, 0.25) is 0 Å². The van der Waals surface area contributed by atoms with Crippen molar-refractivity contribution < 1.29 is 14.6 Å². The van der Waals surface area contributed by atoms with Crippen molar-refractivity contribution in [3.05, 3.63) is 42.9 Å². The second-order valence-corrected chi connectivity index (χ2v) is 9.21. The van der Waals surface area contributed by atoms with Crippen LogP contribution in [-0.4, -0.2) is 48.9 Å². The SMILES string of the molecule is CC(C)(C)C(OC1CCC(Nc2ccc3ncc(-c4ccncc4)n3n2)CC1)C(=O)O. The number of anilines is 1. The number of carboxylic acid groups (broad SMARTS) is 1. The van der Waals surface area contributed by atoms with Gasteiger partial charge >= 0.3 is 5.97 Å². The molecule has 1 unspecified atom stereocenters. The van der Waals surface area contributed by atoms with Crippen LogP contribution >= 0.6 is 0 Å². The van der Waals surface area contributed by atoms with Gasteiger partial charge in [0.05, 0.1) is 18.0 Å². The molecule has 0 spiro atoms. The predicted molar refractivity (Wildman–Crippen MR) is 118 cm³/mol. The molecular weight excluding hydrogens is 394 g/mol. The van der Waals surface area contributed by atoms with E-state index >= 15 is 0 Å². The zero-order valence-electron chi connectivity index (χ0n) is 18.2. The summed E-state index contributed by atoms with van der Waals surface area (Å²) in [7, 11) is 0. The van der Waals surface area contributed by atoms with Gasteiger partial charge in [0.2, 0.25) is 0 Å². The smallest absolute Gasteiger partial charge is 0.333 e. The lowest BCUT2D eigenvalue weighted by Gasteiger charge is -2.35. The molecule has 1 atom stereocenters. The first-order valence-electron chi connectivity index (χ1n) is 10.7. The Bertz CT molecular complexity index is 1040. The van der Waals surface area contributed by atoms with E-state index in [1.165, 1.54) is 0 Å². The molecule has 0 radical (unpaired) electrons. The molecule has 3 aromatic heterocycles. The molecule has 0 aliphatic heterocycles. The summed E-state index contributed by atoms with van der Waals surface area (Å²) in [6, 6.07) is 8.05. The summed E-state index contributed by atoms with van der Waals surface area (Å²) in [5.41, 5.74) is 2.28. The van der Waals surface area contributed by atoms with Crippen molar-refractivity contribution in [1.29, 1.82) is 0 Å². The monoisotopic (exact) mass is 423 g/mol. The number of carbonyl (C=O) groups is 1. The minimum absolute atomic E-state index is 0.0271. The lowest BCUT2D eigenvalue weighted by molar-refractivity contribution is -0.165. The van der Waals surface area contributed by atoms with Gasteiger partial charge in [0.15, 0.2) is 11.8 Å². The number of nitrogens with zero attached hydrogens (tertiary/aromatic N) is 4. The Kier molecular flexibility index (Phi) is 5.91. The zero-order valence-corrected chi connectivity index (χ0v) is 18.2. The number of aromatic nitrogens is 4. The quantitative estimate of drug-likeness (QED) is 0.617. The Balaban J connectivity index is 1.40. The zero-order chi connectivity index (χ0) is 22.0. The van der Waals surface area contributed by atoms with Gasteiger partial charge in [-0.1, -0.05) is 20.8 Å². The Hall–Kier alpha value is -3.00. The van der Waals surface area contributed by atoms with Gasteiger partial charge in [0.25, 0.3) is 0 Å². The Morgan fingerprint density at radius 2 is 1.87 bits per heavy atom. The summed E-state index contributed by atoms with van der Waals surface area (Å²) in [5, 5.41) is 17.8. The average molecular weight is 424 g/mol.